The summed E-state index contributed by atoms with van der Waals surface area (Å²) in [4.78, 5) is 24.5. The number of fused-ring (bicyclic) bond motifs is 1. The SMILES string of the molecule is CCOc1ccc(C(=O)NNC(=O)c2cc3cc(Br)ccc3o2)cc1OC. The van der Waals surface area contributed by atoms with Gasteiger partial charge < -0.3 is 13.9 Å². The largest absolute Gasteiger partial charge is 0.493 e. The summed E-state index contributed by atoms with van der Waals surface area (Å²) in [5, 5.41) is 0.775. The van der Waals surface area contributed by atoms with Crippen molar-refractivity contribution in [2.75, 3.05) is 13.7 Å². The van der Waals surface area contributed by atoms with Crippen LogP contribution in [0.3, 0.4) is 0 Å². The Morgan fingerprint density at radius 2 is 1.81 bits per heavy atom. The highest BCUT2D eigenvalue weighted by molar-refractivity contribution is 9.10. The molecule has 1 heterocycles. The van der Waals surface area contributed by atoms with Gasteiger partial charge in [-0.1, -0.05) is 15.9 Å². The van der Waals surface area contributed by atoms with Crippen LogP contribution in [0.1, 0.15) is 27.8 Å². The Morgan fingerprint density at radius 3 is 2.56 bits per heavy atom. The van der Waals surface area contributed by atoms with E-state index in [1.54, 1.807) is 24.3 Å². The smallest absolute Gasteiger partial charge is 0.305 e. The summed E-state index contributed by atoms with van der Waals surface area (Å²) in [7, 11) is 1.49. The Morgan fingerprint density at radius 1 is 1.04 bits per heavy atom. The van der Waals surface area contributed by atoms with Crippen LogP contribution in [0.15, 0.2) is 51.4 Å². The van der Waals surface area contributed by atoms with Gasteiger partial charge in [-0.2, -0.15) is 0 Å². The summed E-state index contributed by atoms with van der Waals surface area (Å²) >= 11 is 3.36. The number of carbonyl (C=O) groups is 2. The van der Waals surface area contributed by atoms with Crippen LogP contribution < -0.4 is 20.3 Å². The van der Waals surface area contributed by atoms with E-state index in [1.807, 2.05) is 19.1 Å². The van der Waals surface area contributed by atoms with Crippen molar-refractivity contribution in [2.24, 2.45) is 0 Å². The minimum absolute atomic E-state index is 0.0904. The van der Waals surface area contributed by atoms with Crippen molar-refractivity contribution in [2.45, 2.75) is 6.92 Å². The maximum absolute atomic E-state index is 12.3. The molecule has 0 atom stereocenters. The molecule has 2 amide bonds. The summed E-state index contributed by atoms with van der Waals surface area (Å²) in [6.45, 7) is 2.33. The highest BCUT2D eigenvalue weighted by Gasteiger charge is 2.15. The molecular weight excluding hydrogens is 416 g/mol. The van der Waals surface area contributed by atoms with Crippen LogP contribution in [0, 0.1) is 0 Å². The van der Waals surface area contributed by atoms with Gasteiger partial charge in [-0.25, -0.2) is 0 Å². The van der Waals surface area contributed by atoms with Gasteiger partial charge in [0.25, 0.3) is 5.91 Å². The van der Waals surface area contributed by atoms with Crippen LogP contribution in [-0.4, -0.2) is 25.5 Å². The van der Waals surface area contributed by atoms with E-state index in [0.717, 1.165) is 9.86 Å². The molecule has 0 bridgehead atoms. The number of furan rings is 1. The lowest BCUT2D eigenvalue weighted by atomic mass is 10.2. The van der Waals surface area contributed by atoms with Crippen molar-refractivity contribution in [1.29, 1.82) is 0 Å². The van der Waals surface area contributed by atoms with E-state index in [-0.39, 0.29) is 5.76 Å². The molecule has 1 aromatic heterocycles. The van der Waals surface area contributed by atoms with Crippen molar-refractivity contribution < 1.29 is 23.5 Å². The van der Waals surface area contributed by atoms with Crippen LogP contribution in [0.25, 0.3) is 11.0 Å². The molecule has 0 aliphatic heterocycles. The van der Waals surface area contributed by atoms with E-state index >= 15 is 0 Å². The lowest BCUT2D eigenvalue weighted by Crippen LogP contribution is -2.41. The zero-order chi connectivity index (χ0) is 19.4. The van der Waals surface area contributed by atoms with Gasteiger partial charge in [0.15, 0.2) is 17.3 Å². The number of nitrogens with one attached hydrogen (secondary N) is 2. The molecule has 0 aliphatic carbocycles. The third-order valence-electron chi connectivity index (χ3n) is 3.72. The van der Waals surface area contributed by atoms with Crippen molar-refractivity contribution in [3.8, 4) is 11.5 Å². The number of carbonyl (C=O) groups excluding carboxylic acids is 2. The highest BCUT2D eigenvalue weighted by Crippen LogP contribution is 2.28. The van der Waals surface area contributed by atoms with Gasteiger partial charge in [0.2, 0.25) is 0 Å². The fourth-order valence-electron chi connectivity index (χ4n) is 2.46. The van der Waals surface area contributed by atoms with E-state index < -0.39 is 11.8 Å². The summed E-state index contributed by atoms with van der Waals surface area (Å²) in [6.07, 6.45) is 0. The molecular formula is C19H17BrN2O5. The molecule has 0 radical (unpaired) electrons. The number of hydrogen-bond donors (Lipinski definition) is 2. The number of halogens is 1. The number of methoxy groups -OCH3 is 1. The molecule has 140 valence electrons. The van der Waals surface area contributed by atoms with Crippen LogP contribution in [0.5, 0.6) is 11.5 Å². The first-order valence-corrected chi connectivity index (χ1v) is 8.91. The predicted octanol–water partition coefficient (Wildman–Crippen LogP) is 3.68. The lowest BCUT2D eigenvalue weighted by molar-refractivity contribution is 0.0832. The van der Waals surface area contributed by atoms with E-state index in [1.165, 1.54) is 13.2 Å². The van der Waals surface area contributed by atoms with Gasteiger partial charge >= 0.3 is 5.91 Å². The minimum Gasteiger partial charge on any atom is -0.493 e. The Labute approximate surface area is 163 Å². The molecule has 0 fully saturated rings. The number of hydrogen-bond acceptors (Lipinski definition) is 5. The standard InChI is InChI=1S/C19H17BrN2O5/c1-3-26-15-6-4-11(9-16(15)25-2)18(23)21-22-19(24)17-10-12-8-13(20)5-7-14(12)27-17/h4-10H,3H2,1-2H3,(H,21,23)(H,22,24). The summed E-state index contributed by atoms with van der Waals surface area (Å²) in [6, 6.07) is 11.7. The first kappa shape index (κ1) is 18.8. The fourth-order valence-corrected chi connectivity index (χ4v) is 2.84. The molecule has 7 nitrogen and oxygen atoms in total. The summed E-state index contributed by atoms with van der Waals surface area (Å²) in [5.74, 6) is -0.00230. The average Bonchev–Trinajstić information content (AvgIpc) is 3.09. The summed E-state index contributed by atoms with van der Waals surface area (Å²) in [5.41, 5.74) is 5.57. The van der Waals surface area contributed by atoms with Crippen LogP contribution in [0.2, 0.25) is 0 Å². The highest BCUT2D eigenvalue weighted by atomic mass is 79.9. The van der Waals surface area contributed by atoms with Gasteiger partial charge in [-0.3, -0.25) is 20.4 Å². The molecule has 27 heavy (non-hydrogen) atoms. The lowest BCUT2D eigenvalue weighted by Gasteiger charge is -2.11. The molecule has 0 saturated carbocycles. The average molecular weight is 433 g/mol. The minimum atomic E-state index is -0.562. The Hall–Kier alpha value is -3.00. The second kappa shape index (κ2) is 8.13. The first-order valence-electron chi connectivity index (χ1n) is 8.12. The third-order valence-corrected chi connectivity index (χ3v) is 4.21. The quantitative estimate of drug-likeness (QED) is 0.600. The number of hydrazine groups is 1. The van der Waals surface area contributed by atoms with E-state index in [9.17, 15) is 9.59 Å². The number of rotatable bonds is 5. The van der Waals surface area contributed by atoms with Gasteiger partial charge in [0, 0.05) is 15.4 Å². The summed E-state index contributed by atoms with van der Waals surface area (Å²) < 4.78 is 17.0. The van der Waals surface area contributed by atoms with Crippen molar-refractivity contribution >= 4 is 38.7 Å². The van der Waals surface area contributed by atoms with Crippen molar-refractivity contribution in [3.05, 3.63) is 58.3 Å². The molecule has 2 N–H and O–H groups in total. The van der Waals surface area contributed by atoms with E-state index in [0.29, 0.717) is 29.3 Å². The molecule has 0 aliphatic rings. The molecule has 0 spiro atoms. The number of benzene rings is 2. The van der Waals surface area contributed by atoms with Gasteiger partial charge in [0.1, 0.15) is 5.58 Å². The van der Waals surface area contributed by atoms with Gasteiger partial charge in [-0.05, 0) is 49.4 Å². The predicted molar refractivity (Wildman–Crippen MR) is 103 cm³/mol. The van der Waals surface area contributed by atoms with E-state index in [4.69, 9.17) is 13.9 Å². The molecule has 2 aromatic carbocycles. The molecule has 8 heteroatoms. The van der Waals surface area contributed by atoms with Crippen molar-refractivity contribution in [1.82, 2.24) is 10.9 Å². The van der Waals surface area contributed by atoms with Gasteiger partial charge in [0.05, 0.1) is 13.7 Å². The molecule has 3 rings (SSSR count). The van der Waals surface area contributed by atoms with Gasteiger partial charge in [-0.15, -0.1) is 0 Å². The van der Waals surface area contributed by atoms with E-state index in [2.05, 4.69) is 26.8 Å². The maximum atomic E-state index is 12.3. The monoisotopic (exact) mass is 432 g/mol. The number of amides is 2. The Kier molecular flexibility index (Phi) is 5.66. The first-order chi connectivity index (χ1) is 13.0. The molecule has 0 saturated heterocycles. The zero-order valence-corrected chi connectivity index (χ0v) is 16.3. The Bertz CT molecular complexity index is 999. The maximum Gasteiger partial charge on any atom is 0.305 e. The van der Waals surface area contributed by atoms with Crippen LogP contribution in [0.4, 0.5) is 0 Å². The number of ether oxygens (including phenoxy) is 2. The topological polar surface area (TPSA) is 89.8 Å². The molecule has 0 unspecified atom stereocenters. The fraction of sp³-hybridized carbons (Fsp3) is 0.158. The second-order valence-electron chi connectivity index (χ2n) is 5.50. The Balaban J connectivity index is 1.68. The van der Waals surface area contributed by atoms with Crippen LogP contribution in [-0.2, 0) is 0 Å². The van der Waals surface area contributed by atoms with Crippen LogP contribution >= 0.6 is 15.9 Å². The van der Waals surface area contributed by atoms with Crippen molar-refractivity contribution in [3.63, 3.8) is 0 Å². The zero-order valence-electron chi connectivity index (χ0n) is 14.7. The normalized spacial score (nSPS) is 10.5. The molecule has 3 aromatic rings. The third kappa shape index (κ3) is 4.22. The second-order valence-corrected chi connectivity index (χ2v) is 6.42.